The van der Waals surface area contributed by atoms with E-state index in [4.69, 9.17) is 23.7 Å². The number of imide groups is 1. The van der Waals surface area contributed by atoms with Gasteiger partial charge in [0, 0.05) is 76.2 Å². The molecule has 2 saturated heterocycles. The summed E-state index contributed by atoms with van der Waals surface area (Å²) >= 11 is 0. The molecule has 0 radical (unpaired) electrons. The lowest BCUT2D eigenvalue weighted by Gasteiger charge is -2.41. The van der Waals surface area contributed by atoms with Gasteiger partial charge in [0.15, 0.2) is 0 Å². The van der Waals surface area contributed by atoms with Gasteiger partial charge in [0.1, 0.15) is 22.8 Å². The van der Waals surface area contributed by atoms with Gasteiger partial charge >= 0.3 is 24.1 Å². The largest absolute Gasteiger partial charge is 0.462 e. The van der Waals surface area contributed by atoms with E-state index in [-0.39, 0.29) is 45.2 Å². The lowest BCUT2D eigenvalue weighted by Crippen LogP contribution is -2.59. The molecule has 2 fully saturated rings. The van der Waals surface area contributed by atoms with Crippen molar-refractivity contribution in [3.05, 3.63) is 35.9 Å². The van der Waals surface area contributed by atoms with Crippen LogP contribution in [0.1, 0.15) is 91.6 Å². The quantitative estimate of drug-likeness (QED) is 0.161. The summed E-state index contributed by atoms with van der Waals surface area (Å²) in [5.74, 6) is -0.360. The van der Waals surface area contributed by atoms with Gasteiger partial charge < -0.3 is 38.4 Å². The van der Waals surface area contributed by atoms with E-state index in [1.165, 1.54) is 29.7 Å². The van der Waals surface area contributed by atoms with Crippen LogP contribution in [-0.2, 0) is 39.8 Å². The Labute approximate surface area is 346 Å². The first-order valence-electron chi connectivity index (χ1n) is 20.0. The van der Waals surface area contributed by atoms with Gasteiger partial charge in [-0.2, -0.15) is 0 Å². The second-order valence-corrected chi connectivity index (χ2v) is 17.2. The summed E-state index contributed by atoms with van der Waals surface area (Å²) in [6.45, 7) is 22.3. The number of carbonyl (C=O) groups excluding carboxylic acids is 5. The van der Waals surface area contributed by atoms with Crippen molar-refractivity contribution < 1.29 is 47.7 Å². The van der Waals surface area contributed by atoms with Gasteiger partial charge in [0.2, 0.25) is 17.8 Å². The van der Waals surface area contributed by atoms with Crippen LogP contribution in [0.4, 0.5) is 21.5 Å². The molecular formula is C40H61N9O10. The lowest BCUT2D eigenvalue weighted by molar-refractivity contribution is -0.165. The van der Waals surface area contributed by atoms with E-state index in [1.807, 2.05) is 0 Å². The molecule has 0 saturated carbocycles. The molecule has 0 aliphatic carbocycles. The Hall–Kier alpha value is -5.17. The van der Waals surface area contributed by atoms with Crippen molar-refractivity contribution in [3.63, 3.8) is 0 Å². The highest BCUT2D eigenvalue weighted by Crippen LogP contribution is 2.22. The van der Waals surface area contributed by atoms with Crippen molar-refractivity contribution >= 4 is 41.9 Å². The van der Waals surface area contributed by atoms with E-state index in [0.29, 0.717) is 55.8 Å². The van der Waals surface area contributed by atoms with Crippen LogP contribution in [0.15, 0.2) is 24.8 Å². The molecule has 0 aromatic carbocycles. The standard InChI is InChI=1S/C40H61N9O10/c1-11-56-32(51)29-24-43-34(44-25-29)46-15-13-45(14-16-46)19-21-55-20-12-31(50)48-18-17-47(27-30(48)33(52)57-38(2,3)4)35-41-22-28(23-42-35)26-49(36(53)58-39(5,6)7)37(54)59-40(8,9)10/h22-25,30H,11-21,26-27H2,1-10H3/t30-/m1/s1. The summed E-state index contributed by atoms with van der Waals surface area (Å²) in [4.78, 5) is 91.0. The molecule has 326 valence electrons. The highest BCUT2D eigenvalue weighted by Gasteiger charge is 2.39. The lowest BCUT2D eigenvalue weighted by atomic mass is 10.1. The minimum absolute atomic E-state index is 0.0865. The Morgan fingerprint density at radius 2 is 1.22 bits per heavy atom. The molecule has 4 heterocycles. The average Bonchev–Trinajstić information content (AvgIpc) is 3.15. The normalized spacial score (nSPS) is 16.6. The van der Waals surface area contributed by atoms with Crippen LogP contribution < -0.4 is 9.80 Å². The molecule has 59 heavy (non-hydrogen) atoms. The topological polar surface area (TPSA) is 199 Å². The molecule has 4 rings (SSSR count). The van der Waals surface area contributed by atoms with Crippen LogP contribution in [0.25, 0.3) is 0 Å². The van der Waals surface area contributed by atoms with Crippen molar-refractivity contribution in [2.75, 3.05) is 82.0 Å². The summed E-state index contributed by atoms with van der Waals surface area (Å²) in [7, 11) is 0. The number of anilines is 2. The zero-order valence-electron chi connectivity index (χ0n) is 36.2. The molecular weight excluding hydrogens is 766 g/mol. The van der Waals surface area contributed by atoms with Crippen LogP contribution in [0.2, 0.25) is 0 Å². The summed E-state index contributed by atoms with van der Waals surface area (Å²) < 4.78 is 27.5. The second-order valence-electron chi connectivity index (χ2n) is 17.2. The fraction of sp³-hybridized carbons (Fsp3) is 0.675. The minimum atomic E-state index is -0.921. The number of amides is 3. The first kappa shape index (κ1) is 46.5. The van der Waals surface area contributed by atoms with Gasteiger partial charge in [0.05, 0.1) is 44.9 Å². The van der Waals surface area contributed by atoms with E-state index in [2.05, 4.69) is 29.7 Å². The van der Waals surface area contributed by atoms with Crippen LogP contribution in [-0.4, -0.2) is 160 Å². The van der Waals surface area contributed by atoms with Crippen LogP contribution in [0.5, 0.6) is 0 Å². The monoisotopic (exact) mass is 827 g/mol. The van der Waals surface area contributed by atoms with Gasteiger partial charge in [0.25, 0.3) is 0 Å². The van der Waals surface area contributed by atoms with E-state index >= 15 is 0 Å². The van der Waals surface area contributed by atoms with Gasteiger partial charge in [-0.1, -0.05) is 0 Å². The third-order valence-electron chi connectivity index (χ3n) is 8.74. The number of nitrogens with zero attached hydrogens (tertiary/aromatic N) is 9. The number of carbonyl (C=O) groups is 5. The number of ether oxygens (including phenoxy) is 5. The molecule has 0 N–H and O–H groups in total. The molecule has 0 spiro atoms. The maximum Gasteiger partial charge on any atom is 0.420 e. The Morgan fingerprint density at radius 3 is 1.76 bits per heavy atom. The van der Waals surface area contributed by atoms with Gasteiger partial charge in [-0.25, -0.2) is 44.0 Å². The van der Waals surface area contributed by atoms with Crippen LogP contribution in [0, 0.1) is 0 Å². The highest BCUT2D eigenvalue weighted by molar-refractivity contribution is 5.89. The van der Waals surface area contributed by atoms with Crippen LogP contribution in [0.3, 0.4) is 0 Å². The number of aromatic nitrogens is 4. The van der Waals surface area contributed by atoms with Crippen molar-refractivity contribution in [2.24, 2.45) is 0 Å². The number of rotatable bonds is 13. The zero-order chi connectivity index (χ0) is 43.5. The SMILES string of the molecule is CCOC(=O)c1cnc(N2CCN(CCOCCC(=O)N3CCN(c4ncc(CN(C(=O)OC(C)(C)C)C(=O)OC(C)(C)C)cn4)C[C@@H]3C(=O)OC(C)(C)C)CC2)nc1. The molecule has 2 aromatic rings. The zero-order valence-corrected chi connectivity index (χ0v) is 36.2. The number of piperazine rings is 2. The molecule has 2 aliphatic rings. The third-order valence-corrected chi connectivity index (χ3v) is 8.74. The van der Waals surface area contributed by atoms with E-state index < -0.39 is 47.0 Å². The van der Waals surface area contributed by atoms with Crippen molar-refractivity contribution in [3.8, 4) is 0 Å². The Balaban J connectivity index is 1.29. The highest BCUT2D eigenvalue weighted by atomic mass is 16.6. The van der Waals surface area contributed by atoms with Gasteiger partial charge in [-0.05, 0) is 69.2 Å². The minimum Gasteiger partial charge on any atom is -0.462 e. The number of esters is 2. The molecule has 2 aromatic heterocycles. The Morgan fingerprint density at radius 1 is 0.695 bits per heavy atom. The maximum absolute atomic E-state index is 13.5. The molecule has 2 aliphatic heterocycles. The predicted molar refractivity (Wildman–Crippen MR) is 216 cm³/mol. The molecule has 19 nitrogen and oxygen atoms in total. The molecule has 19 heteroatoms. The van der Waals surface area contributed by atoms with E-state index in [1.54, 1.807) is 74.1 Å². The summed E-state index contributed by atoms with van der Waals surface area (Å²) in [6.07, 6.45) is 4.28. The molecule has 3 amide bonds. The van der Waals surface area contributed by atoms with Crippen LogP contribution >= 0.6 is 0 Å². The van der Waals surface area contributed by atoms with Crippen molar-refractivity contribution in [2.45, 2.75) is 105 Å². The van der Waals surface area contributed by atoms with Crippen molar-refractivity contribution in [1.82, 2.24) is 34.6 Å². The first-order chi connectivity index (χ1) is 27.6. The maximum atomic E-state index is 13.5. The Kier molecular flexibility index (Phi) is 15.9. The number of hydrogen-bond acceptors (Lipinski definition) is 17. The first-order valence-corrected chi connectivity index (χ1v) is 20.0. The molecule has 0 unspecified atom stereocenters. The third kappa shape index (κ3) is 14.9. The fourth-order valence-corrected chi connectivity index (χ4v) is 6.02. The molecule has 0 bridgehead atoms. The predicted octanol–water partition coefficient (Wildman–Crippen LogP) is 3.70. The van der Waals surface area contributed by atoms with Gasteiger partial charge in [-0.15, -0.1) is 0 Å². The second kappa shape index (κ2) is 20.2. The van der Waals surface area contributed by atoms with Crippen molar-refractivity contribution in [1.29, 1.82) is 0 Å². The summed E-state index contributed by atoms with van der Waals surface area (Å²) in [6, 6.07) is -0.921. The van der Waals surface area contributed by atoms with E-state index in [9.17, 15) is 24.0 Å². The fourth-order valence-electron chi connectivity index (χ4n) is 6.02. The smallest absolute Gasteiger partial charge is 0.420 e. The van der Waals surface area contributed by atoms with E-state index in [0.717, 1.165) is 18.0 Å². The Bertz CT molecular complexity index is 1700. The average molecular weight is 828 g/mol. The summed E-state index contributed by atoms with van der Waals surface area (Å²) in [5.41, 5.74) is -1.72. The van der Waals surface area contributed by atoms with Gasteiger partial charge in [-0.3, -0.25) is 9.69 Å². The molecule has 1 atom stereocenters. The summed E-state index contributed by atoms with van der Waals surface area (Å²) in [5, 5.41) is 0. The number of hydrogen-bond donors (Lipinski definition) is 0.